The predicted octanol–water partition coefficient (Wildman–Crippen LogP) is 5.80. The van der Waals surface area contributed by atoms with Gasteiger partial charge < -0.3 is 4.74 Å². The van der Waals surface area contributed by atoms with Gasteiger partial charge in [0, 0.05) is 5.33 Å². The first-order valence-electron chi connectivity index (χ1n) is 6.75. The molecule has 0 saturated heterocycles. The topological polar surface area (TPSA) is 9.23 Å². The molecule has 2 aromatic rings. The molecule has 4 heteroatoms. The molecule has 0 N–H and O–H groups in total. The highest BCUT2D eigenvalue weighted by Gasteiger charge is 2.11. The lowest BCUT2D eigenvalue weighted by Gasteiger charge is -2.15. The minimum atomic E-state index is 0.510. The molecule has 0 heterocycles. The average molecular weight is 388 g/mol. The Labute approximate surface area is 144 Å². The molecule has 0 saturated carbocycles. The van der Waals surface area contributed by atoms with Gasteiger partial charge in [-0.1, -0.05) is 57.3 Å². The van der Waals surface area contributed by atoms with Gasteiger partial charge in [0.1, 0.15) is 5.75 Å². The van der Waals surface area contributed by atoms with Crippen LogP contribution in [0.3, 0.4) is 0 Å². The van der Waals surface area contributed by atoms with Gasteiger partial charge in [0.15, 0.2) is 0 Å². The van der Waals surface area contributed by atoms with Crippen molar-refractivity contribution in [3.8, 4) is 5.75 Å². The van der Waals surface area contributed by atoms with E-state index in [4.69, 9.17) is 27.9 Å². The minimum absolute atomic E-state index is 0.510. The van der Waals surface area contributed by atoms with E-state index in [1.54, 1.807) is 7.11 Å². The van der Waals surface area contributed by atoms with Crippen LogP contribution in [0.25, 0.3) is 0 Å². The summed E-state index contributed by atoms with van der Waals surface area (Å²) in [6.45, 7) is 0. The summed E-state index contributed by atoms with van der Waals surface area (Å²) in [5.74, 6) is 1.40. The van der Waals surface area contributed by atoms with Crippen LogP contribution in [0.5, 0.6) is 5.75 Å². The molecule has 1 unspecified atom stereocenters. The van der Waals surface area contributed by atoms with Crippen LogP contribution < -0.4 is 4.74 Å². The molecular formula is C17H17BrCl2O. The van der Waals surface area contributed by atoms with E-state index >= 15 is 0 Å². The molecule has 0 aliphatic heterocycles. The van der Waals surface area contributed by atoms with E-state index in [2.05, 4.69) is 28.1 Å². The Morgan fingerprint density at radius 2 is 1.57 bits per heavy atom. The highest BCUT2D eigenvalue weighted by molar-refractivity contribution is 9.09. The molecule has 0 amide bonds. The molecule has 0 radical (unpaired) electrons. The van der Waals surface area contributed by atoms with Crippen LogP contribution in [0.2, 0.25) is 10.0 Å². The van der Waals surface area contributed by atoms with Gasteiger partial charge in [0.2, 0.25) is 0 Å². The first-order chi connectivity index (χ1) is 10.1. The number of benzene rings is 2. The van der Waals surface area contributed by atoms with Gasteiger partial charge in [-0.15, -0.1) is 0 Å². The second-order valence-corrected chi connectivity index (χ2v) is 6.49. The summed E-state index contributed by atoms with van der Waals surface area (Å²) in [7, 11) is 1.68. The van der Waals surface area contributed by atoms with Crippen molar-refractivity contribution in [3.63, 3.8) is 0 Å². The summed E-state index contributed by atoms with van der Waals surface area (Å²) in [4.78, 5) is 0. The molecule has 0 bridgehead atoms. The fourth-order valence-electron chi connectivity index (χ4n) is 2.28. The van der Waals surface area contributed by atoms with E-state index in [0.29, 0.717) is 16.0 Å². The van der Waals surface area contributed by atoms with E-state index < -0.39 is 0 Å². The first-order valence-corrected chi connectivity index (χ1v) is 8.63. The fraction of sp³-hybridized carbons (Fsp3) is 0.294. The number of hydrogen-bond donors (Lipinski definition) is 0. The molecule has 0 fully saturated rings. The summed E-state index contributed by atoms with van der Waals surface area (Å²) in [6.07, 6.45) is 1.98. The highest BCUT2D eigenvalue weighted by atomic mass is 79.9. The number of rotatable bonds is 6. The lowest BCUT2D eigenvalue weighted by Crippen LogP contribution is -2.10. The monoisotopic (exact) mass is 386 g/mol. The average Bonchev–Trinajstić information content (AvgIpc) is 2.51. The van der Waals surface area contributed by atoms with Crippen LogP contribution in [-0.4, -0.2) is 12.4 Å². The van der Waals surface area contributed by atoms with Gasteiger partial charge >= 0.3 is 0 Å². The SMILES string of the molecule is COc1ccc(CC(CBr)Cc2ccc(Cl)c(Cl)c2)cc1. The van der Waals surface area contributed by atoms with E-state index in [1.165, 1.54) is 11.1 Å². The van der Waals surface area contributed by atoms with Crippen molar-refractivity contribution in [1.82, 2.24) is 0 Å². The van der Waals surface area contributed by atoms with Crippen LogP contribution in [0.4, 0.5) is 0 Å². The predicted molar refractivity (Wildman–Crippen MR) is 94.1 cm³/mol. The number of methoxy groups -OCH3 is 1. The fourth-order valence-corrected chi connectivity index (χ4v) is 3.05. The Hall–Kier alpha value is -0.700. The molecule has 0 spiro atoms. The van der Waals surface area contributed by atoms with E-state index in [9.17, 15) is 0 Å². The van der Waals surface area contributed by atoms with Crippen molar-refractivity contribution in [1.29, 1.82) is 0 Å². The minimum Gasteiger partial charge on any atom is -0.497 e. The third-order valence-corrected chi connectivity index (χ3v) is 5.06. The number of halogens is 3. The Bertz CT molecular complexity index is 584. The largest absolute Gasteiger partial charge is 0.497 e. The zero-order valence-corrected chi connectivity index (χ0v) is 14.9. The van der Waals surface area contributed by atoms with Gasteiger partial charge in [-0.25, -0.2) is 0 Å². The van der Waals surface area contributed by atoms with Crippen LogP contribution >= 0.6 is 39.1 Å². The quantitative estimate of drug-likeness (QED) is 0.569. The normalized spacial score (nSPS) is 12.2. The lowest BCUT2D eigenvalue weighted by molar-refractivity contribution is 0.414. The first kappa shape index (κ1) is 16.7. The molecule has 2 aromatic carbocycles. The van der Waals surface area contributed by atoms with Gasteiger partial charge in [-0.2, -0.15) is 0 Å². The van der Waals surface area contributed by atoms with Crippen molar-refractivity contribution in [2.24, 2.45) is 5.92 Å². The molecule has 0 aliphatic carbocycles. The molecule has 1 nitrogen and oxygen atoms in total. The molecular weight excluding hydrogens is 371 g/mol. The highest BCUT2D eigenvalue weighted by Crippen LogP contribution is 2.25. The van der Waals surface area contributed by atoms with Gasteiger partial charge in [0.05, 0.1) is 17.2 Å². The smallest absolute Gasteiger partial charge is 0.118 e. The van der Waals surface area contributed by atoms with Gasteiger partial charge in [-0.3, -0.25) is 0 Å². The van der Waals surface area contributed by atoms with Gasteiger partial charge in [0.25, 0.3) is 0 Å². The summed E-state index contributed by atoms with van der Waals surface area (Å²) in [5.41, 5.74) is 2.52. The Morgan fingerprint density at radius 1 is 0.952 bits per heavy atom. The number of alkyl halides is 1. The summed E-state index contributed by atoms with van der Waals surface area (Å²) < 4.78 is 5.18. The molecule has 0 aromatic heterocycles. The third-order valence-electron chi connectivity index (χ3n) is 3.41. The van der Waals surface area contributed by atoms with Crippen molar-refractivity contribution < 1.29 is 4.74 Å². The van der Waals surface area contributed by atoms with Gasteiger partial charge in [-0.05, 0) is 54.2 Å². The standard InChI is InChI=1S/C17H17BrCl2O/c1-21-15-5-2-12(3-6-15)8-14(11-18)9-13-4-7-16(19)17(20)10-13/h2-7,10,14H,8-9,11H2,1H3. The van der Waals surface area contributed by atoms with Crippen molar-refractivity contribution in [2.75, 3.05) is 12.4 Å². The lowest BCUT2D eigenvalue weighted by atomic mass is 9.94. The zero-order chi connectivity index (χ0) is 15.2. The second kappa shape index (κ2) is 8.07. The van der Waals surface area contributed by atoms with Crippen molar-refractivity contribution in [2.45, 2.75) is 12.8 Å². The van der Waals surface area contributed by atoms with Crippen molar-refractivity contribution in [3.05, 3.63) is 63.6 Å². The molecule has 0 aliphatic rings. The molecule has 112 valence electrons. The van der Waals surface area contributed by atoms with E-state index in [0.717, 1.165) is 23.9 Å². The maximum atomic E-state index is 6.08. The number of hydrogen-bond acceptors (Lipinski definition) is 1. The molecule has 2 rings (SSSR count). The van der Waals surface area contributed by atoms with E-state index in [-0.39, 0.29) is 0 Å². The molecule has 1 atom stereocenters. The maximum Gasteiger partial charge on any atom is 0.118 e. The van der Waals surface area contributed by atoms with E-state index in [1.807, 2.05) is 30.3 Å². The van der Waals surface area contributed by atoms with Crippen molar-refractivity contribution >= 4 is 39.1 Å². The molecule has 21 heavy (non-hydrogen) atoms. The number of ether oxygens (including phenoxy) is 1. The Kier molecular flexibility index (Phi) is 6.40. The maximum absolute atomic E-state index is 6.08. The third kappa shape index (κ3) is 4.91. The summed E-state index contributed by atoms with van der Waals surface area (Å²) in [5, 5.41) is 2.16. The summed E-state index contributed by atoms with van der Waals surface area (Å²) >= 11 is 15.6. The Morgan fingerprint density at radius 3 is 2.14 bits per heavy atom. The Balaban J connectivity index is 2.03. The summed E-state index contributed by atoms with van der Waals surface area (Å²) in [6, 6.07) is 14.1. The zero-order valence-electron chi connectivity index (χ0n) is 11.8. The van der Waals surface area contributed by atoms with Crippen LogP contribution in [0.1, 0.15) is 11.1 Å². The van der Waals surface area contributed by atoms with Crippen LogP contribution in [0.15, 0.2) is 42.5 Å². The van der Waals surface area contributed by atoms with Crippen LogP contribution in [0, 0.1) is 5.92 Å². The second-order valence-electron chi connectivity index (χ2n) is 5.03. The van der Waals surface area contributed by atoms with Crippen LogP contribution in [-0.2, 0) is 12.8 Å².